The molecule has 21 heavy (non-hydrogen) atoms. The van der Waals surface area contributed by atoms with Gasteiger partial charge in [0.15, 0.2) is 0 Å². The molecule has 0 heterocycles. The highest BCUT2D eigenvalue weighted by Crippen LogP contribution is 2.07. The van der Waals surface area contributed by atoms with Crippen molar-refractivity contribution in [2.24, 2.45) is 5.10 Å². The van der Waals surface area contributed by atoms with Gasteiger partial charge in [0.25, 0.3) is 5.91 Å². The monoisotopic (exact) mass is 288 g/mol. The van der Waals surface area contributed by atoms with Gasteiger partial charge in [-0.05, 0) is 48.4 Å². The van der Waals surface area contributed by atoms with Gasteiger partial charge < -0.3 is 0 Å². The highest BCUT2D eigenvalue weighted by molar-refractivity contribution is 6.02. The normalized spacial score (nSPS) is 11.3. The van der Waals surface area contributed by atoms with Gasteiger partial charge in [0, 0.05) is 5.56 Å². The van der Waals surface area contributed by atoms with E-state index in [-0.39, 0.29) is 5.82 Å². The van der Waals surface area contributed by atoms with Crippen molar-refractivity contribution in [1.82, 2.24) is 5.43 Å². The average molecular weight is 288 g/mol. The number of nitrogens with zero attached hydrogens (tertiary/aromatic N) is 1. The molecular formula is C16H14F2N2O. The number of amides is 1. The molecule has 2 rings (SSSR count). The van der Waals surface area contributed by atoms with Gasteiger partial charge >= 0.3 is 0 Å². The van der Waals surface area contributed by atoms with Crippen LogP contribution in [0.25, 0.3) is 0 Å². The first-order chi connectivity index (χ1) is 10.1. The van der Waals surface area contributed by atoms with Crippen LogP contribution in [-0.4, -0.2) is 11.6 Å². The molecule has 0 fully saturated rings. The summed E-state index contributed by atoms with van der Waals surface area (Å²) in [7, 11) is 0. The number of benzene rings is 2. The molecule has 0 aliphatic heterocycles. The van der Waals surface area contributed by atoms with E-state index in [0.29, 0.717) is 17.7 Å². The van der Waals surface area contributed by atoms with E-state index < -0.39 is 11.7 Å². The Kier molecular flexibility index (Phi) is 4.77. The number of nitrogens with one attached hydrogen (secondary N) is 1. The number of halogens is 2. The molecule has 3 nitrogen and oxygen atoms in total. The Morgan fingerprint density at radius 3 is 1.90 bits per heavy atom. The van der Waals surface area contributed by atoms with Gasteiger partial charge in [-0.2, -0.15) is 5.10 Å². The fourth-order valence-corrected chi connectivity index (χ4v) is 1.77. The number of hydrogen-bond acceptors (Lipinski definition) is 2. The fraction of sp³-hybridized carbons (Fsp3) is 0.125. The second-order valence-electron chi connectivity index (χ2n) is 4.37. The zero-order chi connectivity index (χ0) is 15.2. The third kappa shape index (κ3) is 3.95. The average Bonchev–Trinajstić information content (AvgIpc) is 2.50. The summed E-state index contributed by atoms with van der Waals surface area (Å²) < 4.78 is 25.7. The van der Waals surface area contributed by atoms with Crippen LogP contribution >= 0.6 is 0 Å². The summed E-state index contributed by atoms with van der Waals surface area (Å²) in [5, 5.41) is 4.04. The summed E-state index contributed by atoms with van der Waals surface area (Å²) in [5.74, 6) is -1.16. The van der Waals surface area contributed by atoms with Gasteiger partial charge in [-0.25, -0.2) is 14.2 Å². The van der Waals surface area contributed by atoms with Crippen molar-refractivity contribution in [1.29, 1.82) is 0 Å². The van der Waals surface area contributed by atoms with Gasteiger partial charge in [0.1, 0.15) is 11.6 Å². The van der Waals surface area contributed by atoms with Crippen LogP contribution in [0.15, 0.2) is 53.6 Å². The lowest BCUT2D eigenvalue weighted by molar-refractivity contribution is 0.0954. The minimum absolute atomic E-state index is 0.315. The SMILES string of the molecule is CC/C(=N/NC(=O)c1ccc(F)cc1)c1ccc(F)cc1. The number of rotatable bonds is 4. The zero-order valence-electron chi connectivity index (χ0n) is 11.4. The van der Waals surface area contributed by atoms with Crippen molar-refractivity contribution in [3.05, 3.63) is 71.3 Å². The Balaban J connectivity index is 2.12. The van der Waals surface area contributed by atoms with Crippen molar-refractivity contribution in [2.75, 3.05) is 0 Å². The molecule has 108 valence electrons. The van der Waals surface area contributed by atoms with Gasteiger partial charge in [0.05, 0.1) is 5.71 Å². The predicted molar refractivity (Wildman–Crippen MR) is 77.1 cm³/mol. The lowest BCUT2D eigenvalue weighted by Crippen LogP contribution is -2.20. The number of carbonyl (C=O) groups is 1. The van der Waals surface area contributed by atoms with Gasteiger partial charge in [0.2, 0.25) is 0 Å². The third-order valence-corrected chi connectivity index (χ3v) is 2.91. The number of hydrogen-bond donors (Lipinski definition) is 1. The van der Waals surface area contributed by atoms with E-state index >= 15 is 0 Å². The van der Waals surface area contributed by atoms with E-state index in [1.54, 1.807) is 12.1 Å². The molecule has 0 unspecified atom stereocenters. The van der Waals surface area contributed by atoms with E-state index in [0.717, 1.165) is 5.56 Å². The first-order valence-corrected chi connectivity index (χ1v) is 6.48. The van der Waals surface area contributed by atoms with Crippen LogP contribution < -0.4 is 5.43 Å². The smallest absolute Gasteiger partial charge is 0.267 e. The van der Waals surface area contributed by atoms with Crippen LogP contribution in [0.1, 0.15) is 29.3 Å². The highest BCUT2D eigenvalue weighted by Gasteiger charge is 2.06. The van der Waals surface area contributed by atoms with E-state index in [1.165, 1.54) is 36.4 Å². The lowest BCUT2D eigenvalue weighted by atomic mass is 10.1. The maximum atomic E-state index is 12.9. The minimum Gasteiger partial charge on any atom is -0.267 e. The standard InChI is InChI=1S/C16H14F2N2O/c1-2-15(11-3-7-13(17)8-4-11)19-20-16(21)12-5-9-14(18)10-6-12/h3-10H,2H2,1H3,(H,20,21)/b19-15-. The molecule has 0 saturated carbocycles. The van der Waals surface area contributed by atoms with Crippen LogP contribution in [0.5, 0.6) is 0 Å². The van der Waals surface area contributed by atoms with E-state index in [1.807, 2.05) is 6.92 Å². The van der Waals surface area contributed by atoms with Gasteiger partial charge in [-0.15, -0.1) is 0 Å². The first-order valence-electron chi connectivity index (χ1n) is 6.48. The molecule has 0 atom stereocenters. The van der Waals surface area contributed by atoms with Gasteiger partial charge in [-0.3, -0.25) is 4.79 Å². The molecule has 1 N–H and O–H groups in total. The molecule has 0 aliphatic rings. The first kappa shape index (κ1) is 14.8. The number of carbonyl (C=O) groups excluding carboxylic acids is 1. The molecule has 1 amide bonds. The maximum absolute atomic E-state index is 12.9. The largest absolute Gasteiger partial charge is 0.271 e. The summed E-state index contributed by atoms with van der Waals surface area (Å²) in [5.41, 5.74) is 4.09. The third-order valence-electron chi connectivity index (χ3n) is 2.91. The fourth-order valence-electron chi connectivity index (χ4n) is 1.77. The molecule has 0 spiro atoms. The molecular weight excluding hydrogens is 274 g/mol. The molecule has 0 aliphatic carbocycles. The Hall–Kier alpha value is -2.56. The molecule has 2 aromatic carbocycles. The Bertz CT molecular complexity index is 649. The van der Waals surface area contributed by atoms with E-state index in [9.17, 15) is 13.6 Å². The summed E-state index contributed by atoms with van der Waals surface area (Å²) >= 11 is 0. The molecule has 0 saturated heterocycles. The number of hydrazone groups is 1. The van der Waals surface area contributed by atoms with Gasteiger partial charge in [-0.1, -0.05) is 19.1 Å². The highest BCUT2D eigenvalue weighted by atomic mass is 19.1. The Labute approximate surface area is 121 Å². The van der Waals surface area contributed by atoms with Crippen molar-refractivity contribution in [3.8, 4) is 0 Å². The molecule has 2 aromatic rings. The van der Waals surface area contributed by atoms with Crippen LogP contribution in [0.2, 0.25) is 0 Å². The van der Waals surface area contributed by atoms with Crippen molar-refractivity contribution < 1.29 is 13.6 Å². The van der Waals surface area contributed by atoms with Crippen LogP contribution in [-0.2, 0) is 0 Å². The van der Waals surface area contributed by atoms with Crippen molar-refractivity contribution in [3.63, 3.8) is 0 Å². The Morgan fingerprint density at radius 1 is 0.952 bits per heavy atom. The van der Waals surface area contributed by atoms with Crippen molar-refractivity contribution in [2.45, 2.75) is 13.3 Å². The molecule has 0 aromatic heterocycles. The molecule has 0 bridgehead atoms. The lowest BCUT2D eigenvalue weighted by Gasteiger charge is -2.05. The van der Waals surface area contributed by atoms with E-state index in [4.69, 9.17) is 0 Å². The van der Waals surface area contributed by atoms with E-state index in [2.05, 4.69) is 10.5 Å². The topological polar surface area (TPSA) is 41.5 Å². The summed E-state index contributed by atoms with van der Waals surface area (Å²) in [4.78, 5) is 11.9. The van der Waals surface area contributed by atoms with Crippen LogP contribution in [0, 0.1) is 11.6 Å². The van der Waals surface area contributed by atoms with Crippen LogP contribution in [0.4, 0.5) is 8.78 Å². The maximum Gasteiger partial charge on any atom is 0.271 e. The second kappa shape index (κ2) is 6.74. The minimum atomic E-state index is -0.428. The Morgan fingerprint density at radius 2 is 1.43 bits per heavy atom. The predicted octanol–water partition coefficient (Wildman–Crippen LogP) is 3.51. The zero-order valence-corrected chi connectivity index (χ0v) is 11.4. The second-order valence-corrected chi connectivity index (χ2v) is 4.37. The van der Waals surface area contributed by atoms with Crippen molar-refractivity contribution >= 4 is 11.6 Å². The quantitative estimate of drug-likeness (QED) is 0.679. The molecule has 0 radical (unpaired) electrons. The van der Waals surface area contributed by atoms with Crippen LogP contribution in [0.3, 0.4) is 0 Å². The summed E-state index contributed by atoms with van der Waals surface area (Å²) in [6, 6.07) is 11.0. The summed E-state index contributed by atoms with van der Waals surface area (Å²) in [6.07, 6.45) is 0.579. The molecule has 5 heteroatoms. The summed E-state index contributed by atoms with van der Waals surface area (Å²) in [6.45, 7) is 1.88.